The Kier molecular flexibility index (Phi) is 6.04. The van der Waals surface area contributed by atoms with E-state index in [0.29, 0.717) is 5.76 Å². The number of nitrogens with one attached hydrogen (secondary N) is 1. The molecule has 0 bridgehead atoms. The first-order valence-electron chi connectivity index (χ1n) is 7.09. The topological polar surface area (TPSA) is 99.9 Å². The lowest BCUT2D eigenvalue weighted by Crippen LogP contribution is -2.23. The highest BCUT2D eigenvalue weighted by molar-refractivity contribution is 5.92. The third-order valence-corrected chi connectivity index (χ3v) is 2.68. The molecular formula is C15H13F3N2O6. The number of halogens is 3. The van der Waals surface area contributed by atoms with Crippen LogP contribution in [0.5, 0.6) is 11.6 Å². The summed E-state index contributed by atoms with van der Waals surface area (Å²) in [6.07, 6.45) is -4.80. The Morgan fingerprint density at radius 3 is 2.46 bits per heavy atom. The molecular weight excluding hydrogens is 361 g/mol. The van der Waals surface area contributed by atoms with Gasteiger partial charge in [-0.05, 0) is 36.3 Å². The number of alkyl halides is 3. The minimum atomic E-state index is -4.80. The molecule has 0 aliphatic heterocycles. The van der Waals surface area contributed by atoms with Gasteiger partial charge in [0.05, 0.1) is 0 Å². The predicted octanol–water partition coefficient (Wildman–Crippen LogP) is 2.44. The maximum atomic E-state index is 12.0. The Bertz CT molecular complexity index is 757. The molecule has 8 nitrogen and oxygen atoms in total. The molecule has 0 aliphatic carbocycles. The smallest absolute Gasteiger partial charge is 0.463 e. The number of nitrogens with zero attached hydrogens (tertiary/aromatic N) is 1. The van der Waals surface area contributed by atoms with Gasteiger partial charge < -0.3 is 24.1 Å². The van der Waals surface area contributed by atoms with Crippen molar-refractivity contribution in [1.29, 1.82) is 0 Å². The molecule has 0 aliphatic rings. The fourth-order valence-electron chi connectivity index (χ4n) is 1.67. The molecule has 0 radical (unpaired) electrons. The number of hydrogen-bond donors (Lipinski definition) is 1. The van der Waals surface area contributed by atoms with Crippen LogP contribution in [0.2, 0.25) is 0 Å². The highest BCUT2D eigenvalue weighted by atomic mass is 19.4. The SMILES string of the molecule is Cc1cc(OCC(=O)OCC(=O)Nc2ccc(OC(F)(F)F)cc2)no1. The normalized spacial score (nSPS) is 10.9. The third kappa shape index (κ3) is 6.71. The summed E-state index contributed by atoms with van der Waals surface area (Å²) in [5, 5.41) is 5.85. The van der Waals surface area contributed by atoms with Gasteiger partial charge in [0, 0.05) is 11.8 Å². The highest BCUT2D eigenvalue weighted by Gasteiger charge is 2.30. The lowest BCUT2D eigenvalue weighted by atomic mass is 10.3. The lowest BCUT2D eigenvalue weighted by molar-refractivity contribution is -0.274. The molecule has 0 saturated heterocycles. The van der Waals surface area contributed by atoms with E-state index < -0.39 is 37.2 Å². The van der Waals surface area contributed by atoms with E-state index in [1.165, 1.54) is 18.2 Å². The summed E-state index contributed by atoms with van der Waals surface area (Å²) in [6.45, 7) is 0.577. The fourth-order valence-corrected chi connectivity index (χ4v) is 1.67. The first kappa shape index (κ1) is 19.1. The molecule has 1 amide bonds. The molecule has 2 aromatic rings. The van der Waals surface area contributed by atoms with Crippen molar-refractivity contribution < 1.29 is 41.5 Å². The van der Waals surface area contributed by atoms with Gasteiger partial charge in [-0.15, -0.1) is 13.2 Å². The first-order chi connectivity index (χ1) is 12.2. The van der Waals surface area contributed by atoms with Crippen LogP contribution in [0.15, 0.2) is 34.9 Å². The van der Waals surface area contributed by atoms with Crippen molar-refractivity contribution in [1.82, 2.24) is 5.16 Å². The van der Waals surface area contributed by atoms with Crippen LogP contribution >= 0.6 is 0 Å². The van der Waals surface area contributed by atoms with Crippen molar-refractivity contribution in [2.45, 2.75) is 13.3 Å². The van der Waals surface area contributed by atoms with Crippen molar-refractivity contribution in [2.75, 3.05) is 18.5 Å². The van der Waals surface area contributed by atoms with E-state index in [9.17, 15) is 22.8 Å². The zero-order chi connectivity index (χ0) is 19.2. The van der Waals surface area contributed by atoms with Gasteiger partial charge >= 0.3 is 12.3 Å². The van der Waals surface area contributed by atoms with Gasteiger partial charge in [0.1, 0.15) is 11.5 Å². The van der Waals surface area contributed by atoms with Crippen LogP contribution in [-0.4, -0.2) is 36.6 Å². The van der Waals surface area contributed by atoms with Crippen LogP contribution in [-0.2, 0) is 14.3 Å². The molecule has 11 heteroatoms. The maximum Gasteiger partial charge on any atom is 0.573 e. The summed E-state index contributed by atoms with van der Waals surface area (Å²) in [7, 11) is 0. The summed E-state index contributed by atoms with van der Waals surface area (Å²) >= 11 is 0. The maximum absolute atomic E-state index is 12.0. The van der Waals surface area contributed by atoms with Gasteiger partial charge in [-0.1, -0.05) is 0 Å². The molecule has 1 aromatic heterocycles. The van der Waals surface area contributed by atoms with Gasteiger partial charge in [-0.25, -0.2) is 4.79 Å². The summed E-state index contributed by atoms with van der Waals surface area (Å²) in [4.78, 5) is 23.1. The van der Waals surface area contributed by atoms with E-state index in [2.05, 4.69) is 19.9 Å². The highest BCUT2D eigenvalue weighted by Crippen LogP contribution is 2.23. The number of ether oxygens (including phenoxy) is 3. The van der Waals surface area contributed by atoms with E-state index in [4.69, 9.17) is 9.26 Å². The number of carbonyl (C=O) groups excluding carboxylic acids is 2. The standard InChI is InChI=1S/C15H13F3N2O6/c1-9-6-13(20-26-9)23-8-14(22)24-7-12(21)19-10-2-4-11(5-3-10)25-15(16,17)18/h2-6H,7-8H2,1H3,(H,19,21). The Balaban J connectivity index is 1.71. The number of benzene rings is 1. The molecule has 1 N–H and O–H groups in total. The lowest BCUT2D eigenvalue weighted by Gasteiger charge is -2.10. The summed E-state index contributed by atoms with van der Waals surface area (Å²) in [5.74, 6) is -1.32. The van der Waals surface area contributed by atoms with Crippen LogP contribution in [0.4, 0.5) is 18.9 Å². The molecule has 0 fully saturated rings. The fraction of sp³-hybridized carbons (Fsp3) is 0.267. The third-order valence-electron chi connectivity index (χ3n) is 2.68. The molecule has 26 heavy (non-hydrogen) atoms. The number of esters is 1. The quantitative estimate of drug-likeness (QED) is 0.743. The van der Waals surface area contributed by atoms with Crippen molar-refractivity contribution in [2.24, 2.45) is 0 Å². The van der Waals surface area contributed by atoms with Gasteiger partial charge in [0.15, 0.2) is 13.2 Å². The van der Waals surface area contributed by atoms with Gasteiger partial charge in [-0.3, -0.25) is 4.79 Å². The largest absolute Gasteiger partial charge is 0.573 e. The molecule has 0 saturated carbocycles. The molecule has 0 atom stereocenters. The van der Waals surface area contributed by atoms with Crippen LogP contribution in [0.25, 0.3) is 0 Å². The second kappa shape index (κ2) is 8.23. The van der Waals surface area contributed by atoms with Gasteiger partial charge in [0.2, 0.25) is 0 Å². The average molecular weight is 374 g/mol. The van der Waals surface area contributed by atoms with Crippen molar-refractivity contribution in [3.05, 3.63) is 36.1 Å². The Labute approximate surface area is 144 Å². The van der Waals surface area contributed by atoms with Crippen LogP contribution < -0.4 is 14.8 Å². The van der Waals surface area contributed by atoms with Crippen LogP contribution in [0.1, 0.15) is 5.76 Å². The summed E-state index contributed by atoms with van der Waals surface area (Å²) in [6, 6.07) is 5.94. The van der Waals surface area contributed by atoms with E-state index in [1.807, 2.05) is 0 Å². The molecule has 2 rings (SSSR count). The molecule has 0 unspecified atom stereocenters. The van der Waals surface area contributed by atoms with Gasteiger partial charge in [0.25, 0.3) is 11.8 Å². The second-order valence-corrected chi connectivity index (χ2v) is 4.85. The van der Waals surface area contributed by atoms with E-state index in [0.717, 1.165) is 12.1 Å². The zero-order valence-corrected chi connectivity index (χ0v) is 13.3. The van der Waals surface area contributed by atoms with Crippen molar-refractivity contribution in [3.8, 4) is 11.6 Å². The molecule has 0 spiro atoms. The zero-order valence-electron chi connectivity index (χ0n) is 13.3. The second-order valence-electron chi connectivity index (χ2n) is 4.85. The van der Waals surface area contributed by atoms with E-state index in [-0.39, 0.29) is 11.6 Å². The van der Waals surface area contributed by atoms with Crippen LogP contribution in [0, 0.1) is 6.92 Å². The van der Waals surface area contributed by atoms with E-state index in [1.54, 1.807) is 6.92 Å². The number of anilines is 1. The van der Waals surface area contributed by atoms with Crippen molar-refractivity contribution in [3.63, 3.8) is 0 Å². The number of rotatable bonds is 7. The summed E-state index contributed by atoms with van der Waals surface area (Å²) < 4.78 is 54.2. The monoisotopic (exact) mass is 374 g/mol. The minimum absolute atomic E-state index is 0.102. The van der Waals surface area contributed by atoms with Gasteiger partial charge in [-0.2, -0.15) is 0 Å². The first-order valence-corrected chi connectivity index (χ1v) is 7.09. The van der Waals surface area contributed by atoms with Crippen molar-refractivity contribution >= 4 is 17.6 Å². The van der Waals surface area contributed by atoms with Crippen LogP contribution in [0.3, 0.4) is 0 Å². The summed E-state index contributed by atoms with van der Waals surface area (Å²) in [5.41, 5.74) is 0.204. The predicted molar refractivity (Wildman–Crippen MR) is 79.4 cm³/mol. The van der Waals surface area contributed by atoms with E-state index >= 15 is 0 Å². The Morgan fingerprint density at radius 1 is 1.19 bits per heavy atom. The number of amides is 1. The average Bonchev–Trinajstić information content (AvgIpc) is 2.97. The Morgan fingerprint density at radius 2 is 1.88 bits per heavy atom. The number of hydrogen-bond acceptors (Lipinski definition) is 7. The molecule has 1 aromatic carbocycles. The number of aryl methyl sites for hydroxylation is 1. The molecule has 140 valence electrons. The molecule has 1 heterocycles. The minimum Gasteiger partial charge on any atom is -0.463 e. The Hall–Kier alpha value is -3.24. The number of aromatic nitrogens is 1. The number of carbonyl (C=O) groups is 2.